The van der Waals surface area contributed by atoms with Gasteiger partial charge >= 0.3 is 109 Å². The van der Waals surface area contributed by atoms with E-state index in [2.05, 4.69) is 45.9 Å². The molecule has 1 saturated heterocycles. The fraction of sp³-hybridized carbons (Fsp3) is 0.500. The number of hydrogen-bond donors (Lipinski definition) is 0. The van der Waals surface area contributed by atoms with Gasteiger partial charge in [-0.2, -0.15) is 0 Å². The van der Waals surface area contributed by atoms with Gasteiger partial charge in [-0.15, -0.1) is 0 Å². The van der Waals surface area contributed by atoms with Crippen LogP contribution in [0.25, 0.3) is 0 Å². The first-order chi connectivity index (χ1) is 8.03. The molecule has 0 aromatic carbocycles. The van der Waals surface area contributed by atoms with Crippen molar-refractivity contribution < 1.29 is 41.4 Å². The van der Waals surface area contributed by atoms with E-state index in [0.29, 0.717) is 0 Å². The Bertz CT molecular complexity index is 505. The van der Waals surface area contributed by atoms with Gasteiger partial charge in [-0.1, -0.05) is 0 Å². The maximum Gasteiger partial charge on any atom is -1.00 e. The summed E-state index contributed by atoms with van der Waals surface area (Å²) < 4.78 is 6.90. The Hall–Kier alpha value is 0.254. The molecule has 3 aliphatic rings. The van der Waals surface area contributed by atoms with E-state index >= 15 is 0 Å². The van der Waals surface area contributed by atoms with E-state index in [9.17, 15) is 0 Å². The quantitative estimate of drug-likeness (QED) is 0.575. The van der Waals surface area contributed by atoms with Crippen LogP contribution in [-0.2, 0) is 16.6 Å². The summed E-state index contributed by atoms with van der Waals surface area (Å²) in [5, 5.41) is 0. The van der Waals surface area contributed by atoms with Crippen molar-refractivity contribution in [3.05, 3.63) is 42.7 Å². The van der Waals surface area contributed by atoms with Crippen molar-refractivity contribution in [2.75, 3.05) is 0 Å². The minimum atomic E-state index is -1.72. The van der Waals surface area contributed by atoms with Crippen LogP contribution in [-0.4, -0.2) is 0 Å². The summed E-state index contributed by atoms with van der Waals surface area (Å²) >= 11 is -1.72. The second-order valence-corrected chi connectivity index (χ2v) is 13.0. The molecule has 0 spiro atoms. The standard InChI is InChI=1S/2C7H9.C2H4.2ClH.Ti/c2*1-6-3-4-7(2)5-6;1-2;;;/h5H,3H2,1-2H3;3,5,7H,1-2H3;1-2H2;2*1H;/q;;;;;+2/p-2. The van der Waals surface area contributed by atoms with Crippen molar-refractivity contribution >= 4 is 0 Å². The zero-order chi connectivity index (χ0) is 12.2. The molecule has 0 bridgehead atoms. The van der Waals surface area contributed by atoms with Gasteiger partial charge in [0, 0.05) is 0 Å². The molecule has 2 aliphatic carbocycles. The molecule has 1 atom stereocenters. The van der Waals surface area contributed by atoms with E-state index < -0.39 is 16.6 Å². The molecule has 1 fully saturated rings. The fourth-order valence-electron chi connectivity index (χ4n) is 3.85. The molecule has 0 aromatic rings. The molecule has 104 valence electrons. The van der Waals surface area contributed by atoms with Crippen LogP contribution in [0.3, 0.4) is 0 Å². The van der Waals surface area contributed by atoms with Crippen LogP contribution in [0.4, 0.5) is 0 Å². The smallest absolute Gasteiger partial charge is 1.00 e. The molecule has 1 unspecified atom stereocenters. The average Bonchev–Trinajstić information content (AvgIpc) is 2.86. The summed E-state index contributed by atoms with van der Waals surface area (Å²) in [4.78, 5) is 0. The molecule has 0 nitrogen and oxygen atoms in total. The monoisotopic (exact) mass is 332 g/mol. The van der Waals surface area contributed by atoms with Crippen molar-refractivity contribution in [2.24, 2.45) is 5.92 Å². The van der Waals surface area contributed by atoms with Gasteiger partial charge in [0.2, 0.25) is 0 Å². The Morgan fingerprint density at radius 2 is 1.68 bits per heavy atom. The molecule has 0 N–H and O–H groups in total. The Kier molecular flexibility index (Phi) is 5.41. The van der Waals surface area contributed by atoms with E-state index in [1.165, 1.54) is 12.0 Å². The fourth-order valence-corrected chi connectivity index (χ4v) is 12.8. The van der Waals surface area contributed by atoms with E-state index in [-0.39, 0.29) is 24.8 Å². The Morgan fingerprint density at radius 1 is 1.05 bits per heavy atom. The van der Waals surface area contributed by atoms with Crippen LogP contribution >= 0.6 is 0 Å². The molecule has 3 rings (SSSR count). The van der Waals surface area contributed by atoms with Crippen LogP contribution in [0.1, 0.15) is 34.1 Å². The Labute approximate surface area is 133 Å². The third-order valence-corrected chi connectivity index (χ3v) is 12.4. The largest absolute Gasteiger partial charge is 1.00 e. The molecule has 1 heterocycles. The average molecular weight is 333 g/mol. The van der Waals surface area contributed by atoms with Crippen LogP contribution in [0.15, 0.2) is 42.7 Å². The SMILES string of the molecule is CC1=CC(C)[C]([Ti+2]2([C]3=C(C)C=C(C)C3)[CH2][CH2]2)=C1.[Cl-].[Cl-]. The molecule has 3 heteroatoms. The molecule has 0 amide bonds. The first-order valence-electron chi connectivity index (χ1n) is 6.81. The van der Waals surface area contributed by atoms with Crippen molar-refractivity contribution in [1.82, 2.24) is 0 Å². The van der Waals surface area contributed by atoms with E-state index in [4.69, 9.17) is 0 Å². The summed E-state index contributed by atoms with van der Waals surface area (Å²) in [7, 11) is 0. The molecule has 19 heavy (non-hydrogen) atoms. The predicted molar refractivity (Wildman–Crippen MR) is 71.7 cm³/mol. The molecule has 1 aliphatic heterocycles. The third kappa shape index (κ3) is 2.83. The predicted octanol–water partition coefficient (Wildman–Crippen LogP) is -0.898. The van der Waals surface area contributed by atoms with Gasteiger partial charge in [0.15, 0.2) is 0 Å². The maximum atomic E-state index is 2.53. The van der Waals surface area contributed by atoms with Crippen LogP contribution in [0, 0.1) is 5.92 Å². The number of halogens is 2. The summed E-state index contributed by atoms with van der Waals surface area (Å²) in [5.74, 6) is 0.735. The summed E-state index contributed by atoms with van der Waals surface area (Å²) in [6, 6.07) is 0. The van der Waals surface area contributed by atoms with E-state index in [1.807, 2.05) is 7.76 Å². The van der Waals surface area contributed by atoms with Gasteiger partial charge in [-0.05, 0) is 0 Å². The van der Waals surface area contributed by atoms with Crippen molar-refractivity contribution in [3.63, 3.8) is 0 Å². The maximum absolute atomic E-state index is 2.53. The number of hydrogen-bond acceptors (Lipinski definition) is 0. The van der Waals surface area contributed by atoms with E-state index in [0.717, 1.165) is 5.92 Å². The third-order valence-electron chi connectivity index (χ3n) is 4.66. The molecule has 0 aromatic heterocycles. The van der Waals surface area contributed by atoms with Crippen LogP contribution in [0.5, 0.6) is 0 Å². The van der Waals surface area contributed by atoms with Gasteiger partial charge < -0.3 is 24.8 Å². The molecular formula is C16H22Cl2Ti. The Balaban J connectivity index is 0.000000902. The van der Waals surface area contributed by atoms with Crippen molar-refractivity contribution in [2.45, 2.75) is 43.6 Å². The Morgan fingerprint density at radius 3 is 2.05 bits per heavy atom. The molecule has 0 saturated carbocycles. The minimum Gasteiger partial charge on any atom is -1.00 e. The van der Waals surface area contributed by atoms with Gasteiger partial charge in [-0.25, -0.2) is 0 Å². The van der Waals surface area contributed by atoms with Gasteiger partial charge in [-0.3, -0.25) is 0 Å². The first-order valence-corrected chi connectivity index (χ1v) is 10.6. The second kappa shape index (κ2) is 5.94. The van der Waals surface area contributed by atoms with Crippen molar-refractivity contribution in [1.29, 1.82) is 0 Å². The van der Waals surface area contributed by atoms with Crippen LogP contribution < -0.4 is 24.8 Å². The van der Waals surface area contributed by atoms with Gasteiger partial charge in [0.05, 0.1) is 0 Å². The normalized spacial score (nSPS) is 25.5. The molecular weight excluding hydrogens is 311 g/mol. The second-order valence-electron chi connectivity index (χ2n) is 6.21. The minimum absolute atomic E-state index is 0. The zero-order valence-corrected chi connectivity index (χ0v) is 15.3. The van der Waals surface area contributed by atoms with E-state index in [1.54, 1.807) is 20.6 Å². The topological polar surface area (TPSA) is 0 Å². The molecule has 0 radical (unpaired) electrons. The van der Waals surface area contributed by atoms with Gasteiger partial charge in [0.25, 0.3) is 0 Å². The number of allylic oxidation sites excluding steroid dienone is 8. The summed E-state index contributed by atoms with van der Waals surface area (Å²) in [6.07, 6.45) is 8.73. The first kappa shape index (κ1) is 17.3. The zero-order valence-electron chi connectivity index (χ0n) is 12.2. The van der Waals surface area contributed by atoms with Gasteiger partial charge in [0.1, 0.15) is 0 Å². The summed E-state index contributed by atoms with van der Waals surface area (Å²) in [5.41, 5.74) is 4.72. The summed E-state index contributed by atoms with van der Waals surface area (Å²) in [6.45, 7) is 9.31. The van der Waals surface area contributed by atoms with Crippen LogP contribution in [0.2, 0.25) is 9.45 Å². The number of rotatable bonds is 2. The van der Waals surface area contributed by atoms with Crippen molar-refractivity contribution in [3.8, 4) is 0 Å².